The molecule has 0 aliphatic heterocycles. The fraction of sp³-hybridized carbons (Fsp3) is 0.600. The van der Waals surface area contributed by atoms with E-state index in [9.17, 15) is 9.59 Å². The van der Waals surface area contributed by atoms with E-state index in [0.29, 0.717) is 0 Å². The van der Waals surface area contributed by atoms with Gasteiger partial charge in [0.1, 0.15) is 19.3 Å². The minimum Gasteiger partial charge on any atom is -0.465 e. The average Bonchev–Trinajstić information content (AvgIpc) is 1.97. The van der Waals surface area contributed by atoms with E-state index in [-0.39, 0.29) is 26.2 Å². The Morgan fingerprint density at radius 1 is 1.20 bits per heavy atom. The van der Waals surface area contributed by atoms with Gasteiger partial charge < -0.3 is 14.6 Å². The number of hydrogen-bond donors (Lipinski definition) is 1. The van der Waals surface area contributed by atoms with Crippen LogP contribution in [0.5, 0.6) is 0 Å². The quantitative estimate of drug-likeness (QED) is 0.473. The summed E-state index contributed by atoms with van der Waals surface area (Å²) < 4.78 is 8.33. The normalized spacial score (nSPS) is 9.00. The molecule has 0 saturated carbocycles. The van der Waals surface area contributed by atoms with Crippen LogP contribution in [0.25, 0.3) is 0 Å². The molecular formula is C5H8O5. The maximum absolute atomic E-state index is 9.54. The molecule has 0 spiro atoms. The summed E-state index contributed by atoms with van der Waals surface area (Å²) in [7, 11) is 0. The Morgan fingerprint density at radius 2 is 1.60 bits per heavy atom. The van der Waals surface area contributed by atoms with Gasteiger partial charge in [0.05, 0.1) is 0 Å². The zero-order chi connectivity index (χ0) is 7.82. The van der Waals surface area contributed by atoms with Gasteiger partial charge in [-0.25, -0.2) is 0 Å². The summed E-state index contributed by atoms with van der Waals surface area (Å²) in [6.07, 6.45) is -0.935. The second-order valence-corrected chi connectivity index (χ2v) is 1.51. The molecule has 0 unspecified atom stereocenters. The summed E-state index contributed by atoms with van der Waals surface area (Å²) in [6, 6.07) is 0. The second kappa shape index (κ2) is 6.03. The van der Waals surface area contributed by atoms with Crippen LogP contribution in [0, 0.1) is 0 Å². The lowest BCUT2D eigenvalue weighted by Gasteiger charge is -2.05. The van der Waals surface area contributed by atoms with Crippen molar-refractivity contribution in [3.05, 3.63) is 0 Å². The van der Waals surface area contributed by atoms with Crippen LogP contribution in [0.2, 0.25) is 0 Å². The average molecular weight is 148 g/mol. The van der Waals surface area contributed by atoms with Crippen molar-refractivity contribution in [2.75, 3.05) is 13.2 Å². The van der Waals surface area contributed by atoms with Crippen molar-refractivity contribution >= 4 is 12.9 Å². The topological polar surface area (TPSA) is 72.8 Å². The Labute approximate surface area is 57.5 Å². The number of aliphatic hydroxyl groups is 1. The summed E-state index contributed by atoms with van der Waals surface area (Å²) in [5, 5.41) is 8.74. The zero-order valence-corrected chi connectivity index (χ0v) is 5.23. The molecule has 0 atom stereocenters. The van der Waals surface area contributed by atoms with E-state index in [2.05, 4.69) is 9.47 Å². The van der Waals surface area contributed by atoms with Crippen LogP contribution in [0.1, 0.15) is 0 Å². The highest BCUT2D eigenvalue weighted by molar-refractivity contribution is 5.37. The Bertz CT molecular complexity index is 90.2. The minimum atomic E-state index is -0.935. The van der Waals surface area contributed by atoms with E-state index in [1.165, 1.54) is 0 Å². The van der Waals surface area contributed by atoms with Gasteiger partial charge in [0.2, 0.25) is 0 Å². The lowest BCUT2D eigenvalue weighted by molar-refractivity contribution is -0.136. The standard InChI is InChI=1S/C5H8O5/c6-3-9-1-5(8)2-10-4-7/h3-5,8H,1-2H2. The van der Waals surface area contributed by atoms with Crippen LogP contribution >= 0.6 is 0 Å². The summed E-state index contributed by atoms with van der Waals surface area (Å²) in [5.74, 6) is 0. The third kappa shape index (κ3) is 5.04. The van der Waals surface area contributed by atoms with Crippen molar-refractivity contribution in [3.63, 3.8) is 0 Å². The van der Waals surface area contributed by atoms with Gasteiger partial charge in [0.25, 0.3) is 12.9 Å². The van der Waals surface area contributed by atoms with Gasteiger partial charge in [-0.15, -0.1) is 0 Å². The first kappa shape index (κ1) is 8.90. The molecule has 0 radical (unpaired) electrons. The SMILES string of the molecule is O=COCC(O)COC=O. The molecule has 1 N–H and O–H groups in total. The van der Waals surface area contributed by atoms with E-state index in [1.54, 1.807) is 0 Å². The van der Waals surface area contributed by atoms with Gasteiger partial charge in [0.15, 0.2) is 0 Å². The van der Waals surface area contributed by atoms with Gasteiger partial charge in [-0.2, -0.15) is 0 Å². The lowest BCUT2D eigenvalue weighted by Crippen LogP contribution is -2.20. The van der Waals surface area contributed by atoms with Crippen molar-refractivity contribution in [1.82, 2.24) is 0 Å². The Kier molecular flexibility index (Phi) is 5.36. The minimum absolute atomic E-state index is 0.155. The molecule has 0 rings (SSSR count). The molecule has 10 heavy (non-hydrogen) atoms. The molecular weight excluding hydrogens is 140 g/mol. The smallest absolute Gasteiger partial charge is 0.293 e. The molecule has 0 heterocycles. The number of carbonyl (C=O) groups is 2. The van der Waals surface area contributed by atoms with Crippen LogP contribution in [-0.4, -0.2) is 37.4 Å². The highest BCUT2D eigenvalue weighted by Gasteiger charge is 2.02. The molecule has 0 aliphatic carbocycles. The molecule has 0 aliphatic rings. The van der Waals surface area contributed by atoms with E-state index in [1.807, 2.05) is 0 Å². The Morgan fingerprint density at radius 3 is 1.90 bits per heavy atom. The molecule has 0 aromatic heterocycles. The summed E-state index contributed by atoms with van der Waals surface area (Å²) in [4.78, 5) is 19.1. The van der Waals surface area contributed by atoms with E-state index < -0.39 is 6.10 Å². The molecule has 58 valence electrons. The first-order valence-electron chi connectivity index (χ1n) is 2.59. The zero-order valence-electron chi connectivity index (χ0n) is 5.23. The first-order valence-corrected chi connectivity index (χ1v) is 2.59. The summed E-state index contributed by atoms with van der Waals surface area (Å²) >= 11 is 0. The number of carbonyl (C=O) groups excluding carboxylic acids is 2. The molecule has 5 nitrogen and oxygen atoms in total. The van der Waals surface area contributed by atoms with Crippen molar-refractivity contribution in [2.45, 2.75) is 6.10 Å². The first-order chi connectivity index (χ1) is 4.81. The van der Waals surface area contributed by atoms with Crippen molar-refractivity contribution < 1.29 is 24.2 Å². The Hall–Kier alpha value is -1.10. The number of ether oxygens (including phenoxy) is 2. The monoisotopic (exact) mass is 148 g/mol. The van der Waals surface area contributed by atoms with Gasteiger partial charge in [0, 0.05) is 0 Å². The maximum atomic E-state index is 9.54. The fourth-order valence-electron chi connectivity index (χ4n) is 0.349. The maximum Gasteiger partial charge on any atom is 0.293 e. The van der Waals surface area contributed by atoms with E-state index >= 15 is 0 Å². The van der Waals surface area contributed by atoms with Gasteiger partial charge in [-0.05, 0) is 0 Å². The summed E-state index contributed by atoms with van der Waals surface area (Å²) in [5.41, 5.74) is 0. The van der Waals surface area contributed by atoms with E-state index in [4.69, 9.17) is 5.11 Å². The Balaban J connectivity index is 3.15. The van der Waals surface area contributed by atoms with Crippen molar-refractivity contribution in [3.8, 4) is 0 Å². The highest BCUT2D eigenvalue weighted by atomic mass is 16.5. The number of hydrogen-bond acceptors (Lipinski definition) is 5. The van der Waals surface area contributed by atoms with Crippen LogP contribution < -0.4 is 0 Å². The predicted octanol–water partition coefficient (Wildman–Crippen LogP) is -1.31. The van der Waals surface area contributed by atoms with Crippen LogP contribution in [0.15, 0.2) is 0 Å². The van der Waals surface area contributed by atoms with Gasteiger partial charge in [-0.1, -0.05) is 0 Å². The molecule has 0 aromatic carbocycles. The predicted molar refractivity (Wildman–Crippen MR) is 30.0 cm³/mol. The molecule has 0 aromatic rings. The van der Waals surface area contributed by atoms with Crippen LogP contribution in [-0.2, 0) is 19.1 Å². The van der Waals surface area contributed by atoms with Gasteiger partial charge >= 0.3 is 0 Å². The van der Waals surface area contributed by atoms with Gasteiger partial charge in [-0.3, -0.25) is 9.59 Å². The molecule has 0 fully saturated rings. The lowest BCUT2D eigenvalue weighted by atomic mass is 10.4. The largest absolute Gasteiger partial charge is 0.465 e. The van der Waals surface area contributed by atoms with Crippen LogP contribution in [0.3, 0.4) is 0 Å². The molecule has 0 bridgehead atoms. The van der Waals surface area contributed by atoms with Crippen molar-refractivity contribution in [2.24, 2.45) is 0 Å². The molecule has 0 amide bonds. The summed E-state index contributed by atoms with van der Waals surface area (Å²) in [6.45, 7) is 0.114. The second-order valence-electron chi connectivity index (χ2n) is 1.51. The number of aliphatic hydroxyl groups excluding tert-OH is 1. The third-order valence-electron chi connectivity index (χ3n) is 0.713. The van der Waals surface area contributed by atoms with Crippen molar-refractivity contribution in [1.29, 1.82) is 0 Å². The highest BCUT2D eigenvalue weighted by Crippen LogP contribution is 1.83. The number of rotatable bonds is 6. The molecule has 0 saturated heterocycles. The third-order valence-corrected chi connectivity index (χ3v) is 0.713. The fourth-order valence-corrected chi connectivity index (χ4v) is 0.349. The molecule has 5 heteroatoms. The van der Waals surface area contributed by atoms with E-state index in [0.717, 1.165) is 0 Å². The van der Waals surface area contributed by atoms with Crippen LogP contribution in [0.4, 0.5) is 0 Å².